The Labute approximate surface area is 120 Å². The fraction of sp³-hybridized carbons (Fsp3) is 0.625. The molecule has 1 aromatic carbocycles. The predicted octanol–water partition coefficient (Wildman–Crippen LogP) is 3.26. The number of benzene rings is 1. The van der Waals surface area contributed by atoms with Crippen molar-refractivity contribution in [1.82, 2.24) is 4.90 Å². The van der Waals surface area contributed by atoms with Gasteiger partial charge in [-0.15, -0.1) is 0 Å². The summed E-state index contributed by atoms with van der Waals surface area (Å²) >= 11 is 0. The van der Waals surface area contributed by atoms with Gasteiger partial charge in [-0.05, 0) is 45.2 Å². The van der Waals surface area contributed by atoms with Gasteiger partial charge in [0.1, 0.15) is 11.6 Å². The van der Waals surface area contributed by atoms with Gasteiger partial charge >= 0.3 is 0 Å². The van der Waals surface area contributed by atoms with Crippen molar-refractivity contribution in [3.05, 3.63) is 24.0 Å². The summed E-state index contributed by atoms with van der Waals surface area (Å²) in [5.74, 6) is 0.364. The summed E-state index contributed by atoms with van der Waals surface area (Å²) in [7, 11) is 0. The van der Waals surface area contributed by atoms with Gasteiger partial charge in [-0.2, -0.15) is 0 Å². The van der Waals surface area contributed by atoms with Gasteiger partial charge in [0.05, 0.1) is 12.3 Å². The first-order valence-electron chi connectivity index (χ1n) is 7.62. The molecule has 1 saturated heterocycles. The minimum absolute atomic E-state index is 0.251. The van der Waals surface area contributed by atoms with Crippen LogP contribution in [0.3, 0.4) is 0 Å². The molecule has 3 rings (SSSR count). The first kappa shape index (κ1) is 13.7. The Morgan fingerprint density at radius 1 is 1.40 bits per heavy atom. The van der Waals surface area contributed by atoms with E-state index < -0.39 is 0 Å². The number of likely N-dealkylation sites (tertiary alicyclic amines) is 1. The highest BCUT2D eigenvalue weighted by Crippen LogP contribution is 2.35. The molecular weight excluding hydrogens is 255 g/mol. The minimum Gasteiger partial charge on any atom is -0.492 e. The Hall–Kier alpha value is -1.29. The van der Waals surface area contributed by atoms with Crippen LogP contribution in [0, 0.1) is 5.82 Å². The molecule has 1 aliphatic heterocycles. The third-order valence-corrected chi connectivity index (χ3v) is 4.24. The van der Waals surface area contributed by atoms with Gasteiger partial charge in [-0.1, -0.05) is 0 Å². The summed E-state index contributed by atoms with van der Waals surface area (Å²) in [5.41, 5.74) is 0.906. The molecule has 0 bridgehead atoms. The lowest BCUT2D eigenvalue weighted by Crippen LogP contribution is -2.31. The maximum absolute atomic E-state index is 13.3. The number of nitrogens with zero attached hydrogens (tertiary/aromatic N) is 1. The minimum atomic E-state index is -0.251. The average molecular weight is 278 g/mol. The van der Waals surface area contributed by atoms with Gasteiger partial charge < -0.3 is 10.1 Å². The fourth-order valence-corrected chi connectivity index (χ4v) is 3.19. The molecule has 1 saturated carbocycles. The lowest BCUT2D eigenvalue weighted by molar-refractivity contribution is 0.257. The van der Waals surface area contributed by atoms with Crippen molar-refractivity contribution < 1.29 is 9.13 Å². The van der Waals surface area contributed by atoms with E-state index in [1.807, 2.05) is 6.92 Å². The highest BCUT2D eigenvalue weighted by Gasteiger charge is 2.38. The molecule has 2 aliphatic rings. The van der Waals surface area contributed by atoms with E-state index in [4.69, 9.17) is 4.74 Å². The van der Waals surface area contributed by atoms with E-state index in [9.17, 15) is 4.39 Å². The lowest BCUT2D eigenvalue weighted by Gasteiger charge is -2.20. The molecule has 0 amide bonds. The van der Waals surface area contributed by atoms with Crippen molar-refractivity contribution >= 4 is 5.69 Å². The van der Waals surface area contributed by atoms with Crippen molar-refractivity contribution in [2.24, 2.45) is 0 Å². The van der Waals surface area contributed by atoms with Crippen molar-refractivity contribution in [3.8, 4) is 5.75 Å². The molecule has 110 valence electrons. The number of hydrogen-bond acceptors (Lipinski definition) is 3. The second kappa shape index (κ2) is 5.60. The smallest absolute Gasteiger partial charge is 0.145 e. The Kier molecular flexibility index (Phi) is 3.83. The summed E-state index contributed by atoms with van der Waals surface area (Å²) in [6.07, 6.45) is 3.83. The quantitative estimate of drug-likeness (QED) is 0.894. The SMILES string of the molecule is CCOc1cc(F)ccc1NC1CC(C)N(C2CC2)C1. The van der Waals surface area contributed by atoms with Gasteiger partial charge in [0.25, 0.3) is 0 Å². The van der Waals surface area contributed by atoms with Crippen LogP contribution in [-0.2, 0) is 0 Å². The summed E-state index contributed by atoms with van der Waals surface area (Å²) in [6.45, 7) is 5.84. The van der Waals surface area contributed by atoms with Crippen LogP contribution in [0.1, 0.15) is 33.1 Å². The van der Waals surface area contributed by atoms with Gasteiger partial charge in [0.15, 0.2) is 0 Å². The molecule has 1 aliphatic carbocycles. The average Bonchev–Trinajstić information content (AvgIpc) is 3.18. The maximum atomic E-state index is 13.3. The van der Waals surface area contributed by atoms with Crippen molar-refractivity contribution in [1.29, 1.82) is 0 Å². The van der Waals surface area contributed by atoms with Crippen molar-refractivity contribution in [3.63, 3.8) is 0 Å². The molecule has 2 atom stereocenters. The van der Waals surface area contributed by atoms with E-state index in [0.29, 0.717) is 24.4 Å². The van der Waals surface area contributed by atoms with Crippen LogP contribution in [0.2, 0.25) is 0 Å². The van der Waals surface area contributed by atoms with E-state index in [2.05, 4.69) is 17.1 Å². The zero-order chi connectivity index (χ0) is 14.1. The number of nitrogens with one attached hydrogen (secondary N) is 1. The first-order chi connectivity index (χ1) is 9.67. The fourth-order valence-electron chi connectivity index (χ4n) is 3.19. The second-order valence-corrected chi connectivity index (χ2v) is 5.93. The van der Waals surface area contributed by atoms with Crippen LogP contribution >= 0.6 is 0 Å². The Morgan fingerprint density at radius 3 is 2.90 bits per heavy atom. The van der Waals surface area contributed by atoms with E-state index in [1.54, 1.807) is 6.07 Å². The summed E-state index contributed by atoms with van der Waals surface area (Å²) < 4.78 is 18.8. The van der Waals surface area contributed by atoms with E-state index in [1.165, 1.54) is 25.0 Å². The first-order valence-corrected chi connectivity index (χ1v) is 7.62. The van der Waals surface area contributed by atoms with Crippen LogP contribution in [0.4, 0.5) is 10.1 Å². The summed E-state index contributed by atoms with van der Waals surface area (Å²) in [6, 6.07) is 6.60. The molecule has 2 fully saturated rings. The van der Waals surface area contributed by atoms with Gasteiger partial charge in [-0.25, -0.2) is 4.39 Å². The lowest BCUT2D eigenvalue weighted by atomic mass is 10.1. The Morgan fingerprint density at radius 2 is 2.20 bits per heavy atom. The topological polar surface area (TPSA) is 24.5 Å². The Bertz CT molecular complexity index is 476. The zero-order valence-electron chi connectivity index (χ0n) is 12.2. The largest absolute Gasteiger partial charge is 0.492 e. The standard InChI is InChI=1S/C16H23FN2O/c1-3-20-16-9-12(17)4-7-15(16)18-13-8-11(2)19(10-13)14-5-6-14/h4,7,9,11,13-14,18H,3,5-6,8,10H2,1-2H3. The number of halogens is 1. The number of anilines is 1. The van der Waals surface area contributed by atoms with E-state index >= 15 is 0 Å². The third-order valence-electron chi connectivity index (χ3n) is 4.24. The third kappa shape index (κ3) is 2.90. The maximum Gasteiger partial charge on any atom is 0.145 e. The molecule has 4 heteroatoms. The normalized spacial score (nSPS) is 26.8. The summed E-state index contributed by atoms with van der Waals surface area (Å²) in [5, 5.41) is 3.53. The molecule has 20 heavy (non-hydrogen) atoms. The highest BCUT2D eigenvalue weighted by molar-refractivity contribution is 5.57. The van der Waals surface area contributed by atoms with Gasteiger partial charge in [0.2, 0.25) is 0 Å². The van der Waals surface area contributed by atoms with Gasteiger partial charge in [0, 0.05) is 30.7 Å². The van der Waals surface area contributed by atoms with Crippen LogP contribution in [0.5, 0.6) is 5.75 Å². The molecule has 0 aromatic heterocycles. The van der Waals surface area contributed by atoms with E-state index in [-0.39, 0.29) is 5.82 Å². The predicted molar refractivity (Wildman–Crippen MR) is 78.8 cm³/mol. The second-order valence-electron chi connectivity index (χ2n) is 5.93. The molecule has 0 spiro atoms. The van der Waals surface area contributed by atoms with Crippen molar-refractivity contribution in [2.45, 2.75) is 51.2 Å². The molecular formula is C16H23FN2O. The zero-order valence-corrected chi connectivity index (χ0v) is 12.2. The van der Waals surface area contributed by atoms with Crippen molar-refractivity contribution in [2.75, 3.05) is 18.5 Å². The van der Waals surface area contributed by atoms with Crippen LogP contribution in [-0.4, -0.2) is 36.2 Å². The molecule has 1 heterocycles. The van der Waals surface area contributed by atoms with Gasteiger partial charge in [-0.3, -0.25) is 4.90 Å². The van der Waals surface area contributed by atoms with Crippen LogP contribution in [0.15, 0.2) is 18.2 Å². The number of ether oxygens (including phenoxy) is 1. The highest BCUT2D eigenvalue weighted by atomic mass is 19.1. The molecule has 1 N–H and O–H groups in total. The molecule has 0 radical (unpaired) electrons. The molecule has 2 unspecified atom stereocenters. The summed E-state index contributed by atoms with van der Waals surface area (Å²) in [4.78, 5) is 2.60. The van der Waals surface area contributed by atoms with Crippen LogP contribution < -0.4 is 10.1 Å². The molecule has 3 nitrogen and oxygen atoms in total. The molecule has 1 aromatic rings. The monoisotopic (exact) mass is 278 g/mol. The Balaban J connectivity index is 1.68. The number of hydrogen-bond donors (Lipinski definition) is 1. The number of rotatable bonds is 5. The van der Waals surface area contributed by atoms with Crippen LogP contribution in [0.25, 0.3) is 0 Å². The van der Waals surface area contributed by atoms with E-state index in [0.717, 1.165) is 24.7 Å².